The van der Waals surface area contributed by atoms with Crippen LogP contribution in [0.25, 0.3) is 88.8 Å². The van der Waals surface area contributed by atoms with E-state index in [-0.39, 0.29) is 5.41 Å². The Morgan fingerprint density at radius 1 is 0.333 bits per heavy atom. The lowest BCUT2D eigenvalue weighted by atomic mass is 9.67. The van der Waals surface area contributed by atoms with Gasteiger partial charge in [-0.15, -0.1) is 0 Å². The van der Waals surface area contributed by atoms with Crippen LogP contribution in [0, 0.1) is 0 Å². The van der Waals surface area contributed by atoms with Crippen LogP contribution in [0.1, 0.15) is 47.2 Å². The van der Waals surface area contributed by atoms with Crippen molar-refractivity contribution in [3.05, 3.63) is 264 Å². The first-order valence-electron chi connectivity index (χ1n) is 23.0. The van der Waals surface area contributed by atoms with Gasteiger partial charge >= 0.3 is 0 Å². The summed E-state index contributed by atoms with van der Waals surface area (Å²) in [6.45, 7) is 4.75. The lowest BCUT2D eigenvalue weighted by molar-refractivity contribution is 0.666. The molecule has 0 saturated heterocycles. The first-order valence-corrected chi connectivity index (χ1v) is 23.0. The fourth-order valence-electron chi connectivity index (χ4n) is 11.7. The molecule has 0 unspecified atom stereocenters. The molecule has 0 fully saturated rings. The Kier molecular flexibility index (Phi) is 8.51. The van der Waals surface area contributed by atoms with Gasteiger partial charge in [0.2, 0.25) is 0 Å². The van der Waals surface area contributed by atoms with Crippen molar-refractivity contribution in [1.82, 2.24) is 9.97 Å². The highest BCUT2D eigenvalue weighted by atomic mass is 14.9. The molecule has 13 rings (SSSR count). The summed E-state index contributed by atoms with van der Waals surface area (Å²) in [6.07, 6.45) is 0. The van der Waals surface area contributed by atoms with Crippen LogP contribution in [0.15, 0.2) is 231 Å². The minimum absolute atomic E-state index is 0.108. The molecule has 0 amide bonds. The standard InChI is InChI=1S/C64H44N2/c1-63(2)55-38-34-43(39-54(55)51-35-33-41-19-12-13-26-47(41)61(51)63)46-36-37-50(49-28-15-14-27-48(46)49)58-40-59(66-62(65-58)42-20-6-3-7-21-42)53-30-18-32-57-60(53)52-29-16-17-31-56(52)64(57,44-22-8-4-9-23-44)45-24-10-5-11-25-45/h3-40H,1-2H3. The summed E-state index contributed by atoms with van der Waals surface area (Å²) in [5, 5.41) is 4.97. The molecule has 2 aliphatic rings. The molecule has 0 bridgehead atoms. The zero-order valence-corrected chi connectivity index (χ0v) is 36.8. The van der Waals surface area contributed by atoms with E-state index in [4.69, 9.17) is 9.97 Å². The predicted molar refractivity (Wildman–Crippen MR) is 274 cm³/mol. The second-order valence-electron chi connectivity index (χ2n) is 18.4. The zero-order chi connectivity index (χ0) is 44.0. The van der Waals surface area contributed by atoms with Crippen LogP contribution in [0.3, 0.4) is 0 Å². The van der Waals surface area contributed by atoms with E-state index in [1.54, 1.807) is 0 Å². The van der Waals surface area contributed by atoms with Crippen LogP contribution in [0.5, 0.6) is 0 Å². The zero-order valence-electron chi connectivity index (χ0n) is 36.8. The number of fused-ring (bicyclic) bond motifs is 9. The number of hydrogen-bond donors (Lipinski definition) is 0. The van der Waals surface area contributed by atoms with Crippen LogP contribution in [-0.4, -0.2) is 9.97 Å². The molecule has 1 aromatic heterocycles. The van der Waals surface area contributed by atoms with Crippen molar-refractivity contribution < 1.29 is 0 Å². The van der Waals surface area contributed by atoms with Crippen LogP contribution in [-0.2, 0) is 10.8 Å². The lowest BCUT2D eigenvalue weighted by Crippen LogP contribution is -2.28. The largest absolute Gasteiger partial charge is 0.228 e. The smallest absolute Gasteiger partial charge is 0.160 e. The normalized spacial score (nSPS) is 13.8. The summed E-state index contributed by atoms with van der Waals surface area (Å²) in [6, 6.07) is 84.3. The van der Waals surface area contributed by atoms with E-state index in [1.807, 2.05) is 0 Å². The van der Waals surface area contributed by atoms with E-state index in [0.29, 0.717) is 5.82 Å². The molecule has 2 aliphatic carbocycles. The maximum Gasteiger partial charge on any atom is 0.160 e. The van der Waals surface area contributed by atoms with Gasteiger partial charge in [0, 0.05) is 22.1 Å². The summed E-state index contributed by atoms with van der Waals surface area (Å²) < 4.78 is 0. The topological polar surface area (TPSA) is 25.8 Å². The van der Waals surface area contributed by atoms with Crippen LogP contribution >= 0.6 is 0 Å². The molecule has 2 nitrogen and oxygen atoms in total. The van der Waals surface area contributed by atoms with E-state index in [2.05, 4.69) is 244 Å². The lowest BCUT2D eigenvalue weighted by Gasteiger charge is -2.33. The minimum Gasteiger partial charge on any atom is -0.228 e. The van der Waals surface area contributed by atoms with Gasteiger partial charge in [0.15, 0.2) is 5.82 Å². The number of nitrogens with zero attached hydrogens (tertiary/aromatic N) is 2. The van der Waals surface area contributed by atoms with Crippen molar-refractivity contribution in [2.24, 2.45) is 0 Å². The molecule has 11 aromatic rings. The van der Waals surface area contributed by atoms with Gasteiger partial charge in [-0.1, -0.05) is 232 Å². The minimum atomic E-state index is -0.516. The van der Waals surface area contributed by atoms with E-state index in [0.717, 1.165) is 33.5 Å². The van der Waals surface area contributed by atoms with Crippen molar-refractivity contribution in [2.45, 2.75) is 24.7 Å². The van der Waals surface area contributed by atoms with Crippen LogP contribution in [0.2, 0.25) is 0 Å². The average Bonchev–Trinajstić information content (AvgIpc) is 3.82. The quantitative estimate of drug-likeness (QED) is 0.167. The summed E-state index contributed by atoms with van der Waals surface area (Å²) in [4.78, 5) is 10.9. The third kappa shape index (κ3) is 5.55. The second kappa shape index (κ2) is 14.7. The van der Waals surface area contributed by atoms with E-state index < -0.39 is 5.41 Å². The average molecular weight is 841 g/mol. The maximum atomic E-state index is 5.46. The van der Waals surface area contributed by atoms with Gasteiger partial charge in [-0.3, -0.25) is 0 Å². The molecule has 0 saturated carbocycles. The van der Waals surface area contributed by atoms with Crippen molar-refractivity contribution in [3.8, 4) is 67.3 Å². The van der Waals surface area contributed by atoms with E-state index >= 15 is 0 Å². The third-order valence-corrected chi connectivity index (χ3v) is 14.6. The first kappa shape index (κ1) is 38.3. The van der Waals surface area contributed by atoms with Crippen molar-refractivity contribution in [3.63, 3.8) is 0 Å². The van der Waals surface area contributed by atoms with E-state index in [9.17, 15) is 0 Å². The summed E-state index contributed by atoms with van der Waals surface area (Å²) in [5.74, 6) is 0.699. The van der Waals surface area contributed by atoms with Gasteiger partial charge in [-0.25, -0.2) is 9.97 Å². The van der Waals surface area contributed by atoms with Gasteiger partial charge in [-0.2, -0.15) is 0 Å². The van der Waals surface area contributed by atoms with E-state index in [1.165, 1.54) is 82.9 Å². The number of benzene rings is 10. The highest BCUT2D eigenvalue weighted by molar-refractivity contribution is 6.06. The van der Waals surface area contributed by atoms with Gasteiger partial charge in [0.25, 0.3) is 0 Å². The molecule has 0 N–H and O–H groups in total. The van der Waals surface area contributed by atoms with Crippen LogP contribution in [0.4, 0.5) is 0 Å². The molecule has 10 aromatic carbocycles. The monoisotopic (exact) mass is 840 g/mol. The predicted octanol–water partition coefficient (Wildman–Crippen LogP) is 16.1. The Morgan fingerprint density at radius 2 is 0.894 bits per heavy atom. The fourth-order valence-corrected chi connectivity index (χ4v) is 11.7. The Labute approximate surface area is 385 Å². The molecule has 310 valence electrons. The molecule has 0 aliphatic heterocycles. The summed E-state index contributed by atoms with van der Waals surface area (Å²) in [5.41, 5.74) is 19.6. The van der Waals surface area contributed by atoms with Crippen LogP contribution < -0.4 is 0 Å². The number of aromatic nitrogens is 2. The molecule has 1 heterocycles. The number of hydrogen-bond acceptors (Lipinski definition) is 2. The maximum absolute atomic E-state index is 5.46. The summed E-state index contributed by atoms with van der Waals surface area (Å²) >= 11 is 0. The Morgan fingerprint density at radius 3 is 1.64 bits per heavy atom. The molecular weight excluding hydrogens is 797 g/mol. The highest BCUT2D eigenvalue weighted by Crippen LogP contribution is 2.58. The number of rotatable bonds is 6. The van der Waals surface area contributed by atoms with Crippen molar-refractivity contribution >= 4 is 21.5 Å². The van der Waals surface area contributed by atoms with Gasteiger partial charge in [0.05, 0.1) is 16.8 Å². The second-order valence-corrected chi connectivity index (χ2v) is 18.4. The Hall–Kier alpha value is -8.20. The molecule has 0 radical (unpaired) electrons. The van der Waals surface area contributed by atoms with Crippen molar-refractivity contribution in [1.29, 1.82) is 0 Å². The van der Waals surface area contributed by atoms with Gasteiger partial charge < -0.3 is 0 Å². The fraction of sp³-hybridized carbons (Fsp3) is 0.0625. The molecule has 0 atom stereocenters. The molecule has 2 heteroatoms. The van der Waals surface area contributed by atoms with Gasteiger partial charge in [0.1, 0.15) is 0 Å². The van der Waals surface area contributed by atoms with Crippen molar-refractivity contribution in [2.75, 3.05) is 0 Å². The molecule has 66 heavy (non-hydrogen) atoms. The molecular formula is C64H44N2. The summed E-state index contributed by atoms with van der Waals surface area (Å²) in [7, 11) is 0. The Balaban J connectivity index is 1.01. The Bertz CT molecular complexity index is 3680. The molecule has 0 spiro atoms. The highest BCUT2D eigenvalue weighted by Gasteiger charge is 2.47. The third-order valence-electron chi connectivity index (χ3n) is 14.6. The first-order chi connectivity index (χ1) is 32.5. The van der Waals surface area contributed by atoms with Gasteiger partial charge in [-0.05, 0) is 100 Å². The SMILES string of the molecule is CC1(C)c2ccc(-c3ccc(-c4cc(-c5cccc6c5-c5ccccc5C6(c5ccccc5)c5ccccc5)nc(-c5ccccc5)n4)c4ccccc34)cc2-c2ccc3ccccc3c21.